The summed E-state index contributed by atoms with van der Waals surface area (Å²) >= 11 is 0. The fourth-order valence-corrected chi connectivity index (χ4v) is 3.53. The van der Waals surface area contributed by atoms with Crippen molar-refractivity contribution in [2.45, 2.75) is 18.4 Å². The summed E-state index contributed by atoms with van der Waals surface area (Å²) in [6.07, 6.45) is 9.03. The van der Waals surface area contributed by atoms with E-state index in [1.54, 1.807) is 0 Å². The second kappa shape index (κ2) is 4.14. The van der Waals surface area contributed by atoms with Crippen molar-refractivity contribution in [3.63, 3.8) is 0 Å². The Morgan fingerprint density at radius 1 is 1.11 bits per heavy atom. The molecule has 3 nitrogen and oxygen atoms in total. The van der Waals surface area contributed by atoms with Crippen LogP contribution in [0.2, 0.25) is 0 Å². The van der Waals surface area contributed by atoms with Gasteiger partial charge in [0.05, 0.1) is 16.9 Å². The minimum Gasteiger partial charge on any atom is -0.372 e. The van der Waals surface area contributed by atoms with Gasteiger partial charge in [0.25, 0.3) is 0 Å². The van der Waals surface area contributed by atoms with Gasteiger partial charge in [-0.15, -0.1) is 0 Å². The van der Waals surface area contributed by atoms with Crippen molar-refractivity contribution in [2.75, 3.05) is 29.9 Å². The number of hydrogen-bond acceptors (Lipinski definition) is 3. The fraction of sp³-hybridized carbons (Fsp3) is 0.375. The van der Waals surface area contributed by atoms with Crippen molar-refractivity contribution < 1.29 is 0 Å². The lowest BCUT2D eigenvalue weighted by atomic mass is 9.81. The van der Waals surface area contributed by atoms with E-state index >= 15 is 0 Å². The Morgan fingerprint density at radius 2 is 1.95 bits per heavy atom. The molecule has 0 atom stereocenters. The number of fused-ring (bicyclic) bond motifs is 4. The van der Waals surface area contributed by atoms with Gasteiger partial charge in [-0.1, -0.05) is 24.3 Å². The molecule has 1 saturated heterocycles. The molecule has 0 saturated carbocycles. The van der Waals surface area contributed by atoms with Crippen molar-refractivity contribution in [3.8, 4) is 0 Å². The van der Waals surface area contributed by atoms with Gasteiger partial charge in [-0.05, 0) is 44.1 Å². The minimum absolute atomic E-state index is 0.115. The zero-order valence-electron chi connectivity index (χ0n) is 11.0. The van der Waals surface area contributed by atoms with Crippen LogP contribution >= 0.6 is 0 Å². The van der Waals surface area contributed by atoms with Crippen molar-refractivity contribution in [1.82, 2.24) is 5.32 Å². The lowest BCUT2D eigenvalue weighted by molar-refractivity contribution is 0.372. The van der Waals surface area contributed by atoms with Crippen LogP contribution in [0.25, 0.3) is 0 Å². The number of nitrogens with one attached hydrogen (secondary N) is 2. The van der Waals surface area contributed by atoms with Crippen LogP contribution < -0.4 is 15.5 Å². The third kappa shape index (κ3) is 1.61. The van der Waals surface area contributed by atoms with Crippen LogP contribution in [0.4, 0.5) is 11.4 Å². The summed E-state index contributed by atoms with van der Waals surface area (Å²) in [6, 6.07) is 8.66. The largest absolute Gasteiger partial charge is 0.372 e. The van der Waals surface area contributed by atoms with Crippen molar-refractivity contribution in [3.05, 3.63) is 48.2 Å². The summed E-state index contributed by atoms with van der Waals surface area (Å²) in [7, 11) is 0. The predicted molar refractivity (Wildman–Crippen MR) is 79.5 cm³/mol. The fourth-order valence-electron chi connectivity index (χ4n) is 3.53. The highest BCUT2D eigenvalue weighted by Crippen LogP contribution is 2.44. The van der Waals surface area contributed by atoms with Gasteiger partial charge in [0, 0.05) is 12.2 Å². The second-order valence-corrected chi connectivity index (χ2v) is 5.56. The molecule has 3 aliphatic rings. The van der Waals surface area contributed by atoms with E-state index in [4.69, 9.17) is 0 Å². The van der Waals surface area contributed by atoms with Crippen molar-refractivity contribution in [1.29, 1.82) is 0 Å². The molecule has 3 heterocycles. The van der Waals surface area contributed by atoms with Crippen LogP contribution in [-0.4, -0.2) is 25.2 Å². The van der Waals surface area contributed by atoms with Crippen LogP contribution in [-0.2, 0) is 0 Å². The van der Waals surface area contributed by atoms with Crippen molar-refractivity contribution in [2.24, 2.45) is 0 Å². The standard InChI is InChI=1S/C16H19N3/c1-2-6-14-13(5-1)18-16(8-10-17-11-9-16)15-7-3-4-12-19(14)15/h1-7,17-18H,8-12H2. The SMILES string of the molecule is C1=CCN2C(=C1)C1(CCNCC1)Nc1ccccc12. The molecule has 1 fully saturated rings. The molecular weight excluding hydrogens is 234 g/mol. The number of rotatable bonds is 0. The van der Waals surface area contributed by atoms with E-state index in [2.05, 4.69) is 58.0 Å². The van der Waals surface area contributed by atoms with Crippen LogP contribution in [0.3, 0.4) is 0 Å². The van der Waals surface area contributed by atoms with Crippen molar-refractivity contribution >= 4 is 11.4 Å². The number of hydrogen-bond donors (Lipinski definition) is 2. The molecule has 4 rings (SSSR count). The molecule has 0 aliphatic carbocycles. The average molecular weight is 253 g/mol. The number of nitrogens with zero attached hydrogens (tertiary/aromatic N) is 1. The summed E-state index contributed by atoms with van der Waals surface area (Å²) < 4.78 is 0. The van der Waals surface area contributed by atoms with Gasteiger partial charge >= 0.3 is 0 Å². The predicted octanol–water partition coefficient (Wildman–Crippen LogP) is 2.49. The van der Waals surface area contributed by atoms with E-state index in [0.717, 1.165) is 32.5 Å². The zero-order valence-corrected chi connectivity index (χ0v) is 11.0. The third-order valence-corrected chi connectivity index (χ3v) is 4.49. The number of benzene rings is 1. The normalized spacial score (nSPS) is 23.4. The summed E-state index contributed by atoms with van der Waals surface area (Å²) in [5.74, 6) is 0. The molecule has 0 unspecified atom stereocenters. The molecule has 19 heavy (non-hydrogen) atoms. The molecule has 1 aromatic rings. The van der Waals surface area contributed by atoms with E-state index in [1.807, 2.05) is 0 Å². The number of para-hydroxylation sites is 2. The number of anilines is 2. The molecule has 98 valence electrons. The highest BCUT2D eigenvalue weighted by atomic mass is 15.3. The van der Waals surface area contributed by atoms with E-state index in [9.17, 15) is 0 Å². The summed E-state index contributed by atoms with van der Waals surface area (Å²) in [5.41, 5.74) is 4.14. The van der Waals surface area contributed by atoms with Gasteiger partial charge in [0.2, 0.25) is 0 Å². The first-order chi connectivity index (χ1) is 9.39. The van der Waals surface area contributed by atoms with Crippen LogP contribution in [0, 0.1) is 0 Å². The van der Waals surface area contributed by atoms with Gasteiger partial charge in [0.15, 0.2) is 0 Å². The van der Waals surface area contributed by atoms with Crippen LogP contribution in [0.15, 0.2) is 48.2 Å². The van der Waals surface area contributed by atoms with E-state index in [0.29, 0.717) is 0 Å². The second-order valence-electron chi connectivity index (χ2n) is 5.56. The molecule has 2 N–H and O–H groups in total. The molecule has 0 radical (unpaired) electrons. The molecule has 0 aromatic heterocycles. The highest BCUT2D eigenvalue weighted by molar-refractivity contribution is 5.79. The smallest absolute Gasteiger partial charge is 0.0800 e. The van der Waals surface area contributed by atoms with Crippen LogP contribution in [0.1, 0.15) is 12.8 Å². The zero-order chi connectivity index (χ0) is 12.7. The Bertz CT molecular complexity index is 553. The van der Waals surface area contributed by atoms with Gasteiger partial charge in [-0.25, -0.2) is 0 Å². The molecule has 1 spiro atoms. The summed E-state index contributed by atoms with van der Waals surface area (Å²) in [6.45, 7) is 3.16. The minimum atomic E-state index is 0.115. The molecule has 1 aromatic carbocycles. The maximum Gasteiger partial charge on any atom is 0.0800 e. The quantitative estimate of drug-likeness (QED) is 0.744. The molecular formula is C16H19N3. The monoisotopic (exact) mass is 253 g/mol. The number of piperidine rings is 1. The van der Waals surface area contributed by atoms with E-state index in [1.165, 1.54) is 17.1 Å². The highest BCUT2D eigenvalue weighted by Gasteiger charge is 2.42. The Labute approximate surface area is 114 Å². The first kappa shape index (κ1) is 11.1. The molecule has 3 heteroatoms. The molecule has 0 bridgehead atoms. The van der Waals surface area contributed by atoms with Gasteiger partial charge in [0.1, 0.15) is 0 Å². The average Bonchev–Trinajstić information content (AvgIpc) is 2.49. The van der Waals surface area contributed by atoms with Gasteiger partial charge < -0.3 is 15.5 Å². The van der Waals surface area contributed by atoms with Gasteiger partial charge in [-0.3, -0.25) is 0 Å². The Balaban J connectivity index is 1.86. The third-order valence-electron chi connectivity index (χ3n) is 4.49. The topological polar surface area (TPSA) is 27.3 Å². The Morgan fingerprint density at radius 3 is 2.84 bits per heavy atom. The van der Waals surface area contributed by atoms with Crippen LogP contribution in [0.5, 0.6) is 0 Å². The van der Waals surface area contributed by atoms with Gasteiger partial charge in [-0.2, -0.15) is 0 Å². The lowest BCUT2D eigenvalue weighted by Crippen LogP contribution is -2.56. The Hall–Kier alpha value is -1.74. The summed E-state index contributed by atoms with van der Waals surface area (Å²) in [5, 5.41) is 7.30. The molecule has 0 amide bonds. The molecule has 3 aliphatic heterocycles. The number of allylic oxidation sites excluding steroid dienone is 2. The maximum absolute atomic E-state index is 3.83. The maximum atomic E-state index is 3.83. The van der Waals surface area contributed by atoms with E-state index < -0.39 is 0 Å². The summed E-state index contributed by atoms with van der Waals surface area (Å²) in [4.78, 5) is 2.47. The Kier molecular flexibility index (Phi) is 2.42. The van der Waals surface area contributed by atoms with E-state index in [-0.39, 0.29) is 5.54 Å². The lowest BCUT2D eigenvalue weighted by Gasteiger charge is -2.50. The first-order valence-electron chi connectivity index (χ1n) is 7.12. The first-order valence-corrected chi connectivity index (χ1v) is 7.12.